The zero-order valence-corrected chi connectivity index (χ0v) is 11.0. The van der Waals surface area contributed by atoms with Crippen LogP contribution in [0, 0.1) is 19.7 Å². The molecule has 19 heavy (non-hydrogen) atoms. The van der Waals surface area contributed by atoms with Crippen LogP contribution < -0.4 is 5.73 Å². The van der Waals surface area contributed by atoms with E-state index >= 15 is 0 Å². The first kappa shape index (κ1) is 13.4. The second-order valence-corrected chi connectivity index (χ2v) is 4.89. The molecule has 0 aliphatic rings. The van der Waals surface area contributed by atoms with Gasteiger partial charge in [0, 0.05) is 10.6 Å². The van der Waals surface area contributed by atoms with Gasteiger partial charge in [-0.3, -0.25) is 0 Å². The van der Waals surface area contributed by atoms with E-state index in [1.165, 1.54) is 0 Å². The third-order valence-electron chi connectivity index (χ3n) is 2.54. The summed E-state index contributed by atoms with van der Waals surface area (Å²) < 4.78 is 18.9. The number of carbonyl (C=O) groups is 1. The highest BCUT2D eigenvalue weighted by Crippen LogP contribution is 2.34. The van der Waals surface area contributed by atoms with Gasteiger partial charge in [0.2, 0.25) is 0 Å². The van der Waals surface area contributed by atoms with Gasteiger partial charge >= 0.3 is 5.97 Å². The fourth-order valence-electron chi connectivity index (χ4n) is 1.41. The molecule has 0 fully saturated rings. The average molecular weight is 282 g/mol. The molecule has 0 aliphatic carbocycles. The van der Waals surface area contributed by atoms with E-state index in [4.69, 9.17) is 15.3 Å². The molecule has 0 unspecified atom stereocenters. The number of aromatic nitrogens is 1. The number of anilines is 1. The monoisotopic (exact) mass is 282 g/mol. The molecule has 0 atom stereocenters. The minimum absolute atomic E-state index is 0.164. The molecule has 0 saturated heterocycles. The number of nitrogen functional groups attached to an aromatic ring is 1. The topological polar surface area (TPSA) is 89.3 Å². The highest BCUT2D eigenvalue weighted by atomic mass is 32.2. The van der Waals surface area contributed by atoms with Crippen molar-refractivity contribution in [2.75, 3.05) is 5.73 Å². The fourth-order valence-corrected chi connectivity index (χ4v) is 2.28. The van der Waals surface area contributed by atoms with Crippen molar-refractivity contribution >= 4 is 23.4 Å². The molecule has 2 rings (SSSR count). The zero-order chi connectivity index (χ0) is 14.2. The summed E-state index contributed by atoms with van der Waals surface area (Å²) in [5.74, 6) is -1.53. The summed E-state index contributed by atoms with van der Waals surface area (Å²) in [6, 6.07) is 2.15. The Labute approximate surface area is 112 Å². The summed E-state index contributed by atoms with van der Waals surface area (Å²) in [6.45, 7) is 3.56. The molecule has 0 bridgehead atoms. The molecule has 3 N–H and O–H groups in total. The van der Waals surface area contributed by atoms with Crippen LogP contribution in [0.4, 0.5) is 10.1 Å². The van der Waals surface area contributed by atoms with Crippen molar-refractivity contribution in [1.82, 2.24) is 4.98 Å². The maximum Gasteiger partial charge on any atom is 0.338 e. The number of aromatic carboxylic acids is 1. The molecule has 1 aromatic carbocycles. The van der Waals surface area contributed by atoms with E-state index in [1.54, 1.807) is 13.8 Å². The summed E-state index contributed by atoms with van der Waals surface area (Å²) >= 11 is 1.05. The fraction of sp³-hybridized carbons (Fsp3) is 0.167. The molecule has 0 spiro atoms. The number of oxazole rings is 1. The van der Waals surface area contributed by atoms with Gasteiger partial charge in [0.05, 0.1) is 11.3 Å². The Hall–Kier alpha value is -2.02. The lowest BCUT2D eigenvalue weighted by Crippen LogP contribution is -2.03. The Morgan fingerprint density at radius 1 is 1.47 bits per heavy atom. The van der Waals surface area contributed by atoms with E-state index in [9.17, 15) is 9.18 Å². The number of hydrogen-bond donors (Lipinski definition) is 2. The molecule has 0 saturated carbocycles. The lowest BCUT2D eigenvalue weighted by molar-refractivity contribution is 0.0692. The number of hydrogen-bond acceptors (Lipinski definition) is 5. The molecule has 0 aliphatic heterocycles. The number of benzene rings is 1. The Balaban J connectivity index is 2.36. The van der Waals surface area contributed by atoms with E-state index < -0.39 is 17.3 Å². The molecule has 0 radical (unpaired) electrons. The van der Waals surface area contributed by atoms with Gasteiger partial charge in [0.1, 0.15) is 11.6 Å². The zero-order valence-electron chi connectivity index (χ0n) is 10.2. The van der Waals surface area contributed by atoms with Crippen LogP contribution >= 0.6 is 11.8 Å². The van der Waals surface area contributed by atoms with E-state index in [-0.39, 0.29) is 5.69 Å². The van der Waals surface area contributed by atoms with Crippen molar-refractivity contribution in [3.8, 4) is 0 Å². The van der Waals surface area contributed by atoms with Crippen molar-refractivity contribution in [2.45, 2.75) is 24.0 Å². The minimum Gasteiger partial charge on any atom is -0.478 e. The van der Waals surface area contributed by atoms with E-state index in [0.717, 1.165) is 29.6 Å². The smallest absolute Gasteiger partial charge is 0.338 e. The van der Waals surface area contributed by atoms with Crippen LogP contribution in [0.25, 0.3) is 0 Å². The van der Waals surface area contributed by atoms with Crippen molar-refractivity contribution in [2.24, 2.45) is 0 Å². The number of aryl methyl sites for hydroxylation is 2. The Kier molecular flexibility index (Phi) is 3.48. The van der Waals surface area contributed by atoms with Gasteiger partial charge in [0.15, 0.2) is 0 Å². The van der Waals surface area contributed by atoms with Crippen LogP contribution in [-0.2, 0) is 0 Å². The summed E-state index contributed by atoms with van der Waals surface area (Å²) in [5, 5.41) is 9.11. The first-order valence-corrected chi connectivity index (χ1v) is 6.14. The molecule has 100 valence electrons. The molecule has 5 nitrogen and oxygen atoms in total. The number of nitrogens with zero attached hydrogens (tertiary/aromatic N) is 1. The van der Waals surface area contributed by atoms with Gasteiger partial charge in [0.25, 0.3) is 5.22 Å². The predicted molar refractivity (Wildman–Crippen MR) is 67.9 cm³/mol. The molecule has 2 aromatic rings. The van der Waals surface area contributed by atoms with Crippen molar-refractivity contribution in [1.29, 1.82) is 0 Å². The third kappa shape index (κ3) is 2.70. The van der Waals surface area contributed by atoms with Crippen molar-refractivity contribution in [3.63, 3.8) is 0 Å². The van der Waals surface area contributed by atoms with E-state index in [1.807, 2.05) is 0 Å². The van der Waals surface area contributed by atoms with E-state index in [0.29, 0.717) is 15.9 Å². The van der Waals surface area contributed by atoms with Crippen molar-refractivity contribution < 1.29 is 18.7 Å². The normalized spacial score (nSPS) is 10.7. The Morgan fingerprint density at radius 3 is 2.68 bits per heavy atom. The second kappa shape index (κ2) is 4.93. The SMILES string of the molecule is Cc1nc(Sc2cc(F)c(C(=O)O)cc2N)oc1C. The average Bonchev–Trinajstić information content (AvgIpc) is 2.62. The van der Waals surface area contributed by atoms with Gasteiger partial charge < -0.3 is 15.3 Å². The lowest BCUT2D eigenvalue weighted by Gasteiger charge is -2.05. The Bertz CT molecular complexity index is 635. The highest BCUT2D eigenvalue weighted by molar-refractivity contribution is 7.99. The predicted octanol–water partition coefficient (Wildman–Crippen LogP) is 2.86. The van der Waals surface area contributed by atoms with Crippen molar-refractivity contribution in [3.05, 3.63) is 35.0 Å². The maximum absolute atomic E-state index is 13.6. The van der Waals surface area contributed by atoms with Crippen LogP contribution in [-0.4, -0.2) is 16.1 Å². The van der Waals surface area contributed by atoms with Crippen LogP contribution in [0.15, 0.2) is 26.7 Å². The van der Waals surface area contributed by atoms with Gasteiger partial charge in [-0.25, -0.2) is 14.2 Å². The largest absolute Gasteiger partial charge is 0.478 e. The number of halogens is 1. The van der Waals surface area contributed by atoms with Crippen LogP contribution in [0.3, 0.4) is 0 Å². The number of rotatable bonds is 3. The molecular formula is C12H11FN2O3S. The first-order valence-electron chi connectivity index (χ1n) is 5.32. The highest BCUT2D eigenvalue weighted by Gasteiger charge is 2.16. The summed E-state index contributed by atoms with van der Waals surface area (Å²) in [6.07, 6.45) is 0. The van der Waals surface area contributed by atoms with Gasteiger partial charge in [-0.2, -0.15) is 0 Å². The molecule has 1 heterocycles. The van der Waals surface area contributed by atoms with E-state index in [2.05, 4.69) is 4.98 Å². The summed E-state index contributed by atoms with van der Waals surface area (Å²) in [4.78, 5) is 15.3. The Morgan fingerprint density at radius 2 is 2.16 bits per heavy atom. The standard InChI is InChI=1S/C12H11FN2O3S/c1-5-6(2)18-12(15-5)19-10-4-8(13)7(11(16)17)3-9(10)14/h3-4H,14H2,1-2H3,(H,16,17). The van der Waals surface area contributed by atoms with Crippen LogP contribution in [0.5, 0.6) is 0 Å². The number of carboxylic acid groups (broad SMARTS) is 1. The molecule has 7 heteroatoms. The molecular weight excluding hydrogens is 271 g/mol. The number of nitrogens with two attached hydrogens (primary N) is 1. The quantitative estimate of drug-likeness (QED) is 0.841. The third-order valence-corrected chi connectivity index (χ3v) is 3.46. The van der Waals surface area contributed by atoms with Gasteiger partial charge in [-0.05, 0) is 37.7 Å². The number of carboxylic acids is 1. The first-order chi connectivity index (χ1) is 8.88. The maximum atomic E-state index is 13.6. The second-order valence-electron chi connectivity index (χ2n) is 3.90. The summed E-state index contributed by atoms with van der Waals surface area (Å²) in [7, 11) is 0. The summed E-state index contributed by atoms with van der Waals surface area (Å²) in [5.41, 5.74) is 6.15. The molecule has 0 amide bonds. The van der Waals surface area contributed by atoms with Gasteiger partial charge in [-0.1, -0.05) is 0 Å². The molecule has 1 aromatic heterocycles. The van der Waals surface area contributed by atoms with Gasteiger partial charge in [-0.15, -0.1) is 0 Å². The lowest BCUT2D eigenvalue weighted by atomic mass is 10.2. The minimum atomic E-state index is -1.36. The van der Waals surface area contributed by atoms with Crippen LogP contribution in [0.1, 0.15) is 21.8 Å². The van der Waals surface area contributed by atoms with Crippen LogP contribution in [0.2, 0.25) is 0 Å².